The van der Waals surface area contributed by atoms with Crippen LogP contribution < -0.4 is 0 Å². The fourth-order valence-electron chi connectivity index (χ4n) is 3.62. The highest BCUT2D eigenvalue weighted by molar-refractivity contribution is 6.46. The molecule has 0 spiro atoms. The average molecular weight is 411 g/mol. The van der Waals surface area contributed by atoms with Crippen molar-refractivity contribution in [2.45, 2.75) is 31.7 Å². The van der Waals surface area contributed by atoms with Gasteiger partial charge in [-0.05, 0) is 30.5 Å². The van der Waals surface area contributed by atoms with Gasteiger partial charge in [-0.15, -0.1) is 0 Å². The maximum atomic E-state index is 13.9. The van der Waals surface area contributed by atoms with Crippen molar-refractivity contribution in [3.8, 4) is 0 Å². The summed E-state index contributed by atoms with van der Waals surface area (Å²) in [6.07, 6.45) is 1.52. The summed E-state index contributed by atoms with van der Waals surface area (Å²) in [6.45, 7) is 0.191. The van der Waals surface area contributed by atoms with E-state index in [0.717, 1.165) is 0 Å². The Bertz CT molecular complexity index is 986. The van der Waals surface area contributed by atoms with E-state index in [9.17, 15) is 23.9 Å². The van der Waals surface area contributed by atoms with Crippen LogP contribution in [0.4, 0.5) is 4.39 Å². The molecule has 1 saturated heterocycles. The topological polar surface area (TPSA) is 94.9 Å². The van der Waals surface area contributed by atoms with Crippen molar-refractivity contribution < 1.29 is 29.0 Å². The summed E-state index contributed by atoms with van der Waals surface area (Å²) >= 11 is 0. The number of hydrogen-bond donors (Lipinski definition) is 2. The van der Waals surface area contributed by atoms with E-state index in [1.807, 2.05) is 0 Å². The summed E-state index contributed by atoms with van der Waals surface area (Å²) < 4.78 is 13.9. The Morgan fingerprint density at radius 3 is 2.37 bits per heavy atom. The van der Waals surface area contributed by atoms with Crippen molar-refractivity contribution in [3.63, 3.8) is 0 Å². The van der Waals surface area contributed by atoms with Gasteiger partial charge in [0.1, 0.15) is 11.6 Å². The molecule has 30 heavy (non-hydrogen) atoms. The second-order valence-corrected chi connectivity index (χ2v) is 7.12. The fourth-order valence-corrected chi connectivity index (χ4v) is 3.62. The Kier molecular flexibility index (Phi) is 6.61. The Morgan fingerprint density at radius 2 is 1.70 bits per heavy atom. The number of ketones is 1. The van der Waals surface area contributed by atoms with Gasteiger partial charge in [0.25, 0.3) is 11.7 Å². The number of rotatable bonds is 8. The first-order valence-electron chi connectivity index (χ1n) is 9.71. The maximum Gasteiger partial charge on any atom is 0.303 e. The fraction of sp³-hybridized carbons (Fsp3) is 0.261. The van der Waals surface area contributed by atoms with Gasteiger partial charge in [-0.25, -0.2) is 4.39 Å². The van der Waals surface area contributed by atoms with Crippen molar-refractivity contribution in [3.05, 3.63) is 77.1 Å². The van der Waals surface area contributed by atoms with Crippen LogP contribution in [0.5, 0.6) is 0 Å². The third kappa shape index (κ3) is 4.56. The second kappa shape index (κ2) is 9.35. The predicted octanol–water partition coefficient (Wildman–Crippen LogP) is 3.89. The van der Waals surface area contributed by atoms with Crippen LogP contribution in [0, 0.1) is 5.82 Å². The second-order valence-electron chi connectivity index (χ2n) is 7.12. The zero-order valence-electron chi connectivity index (χ0n) is 16.3. The monoisotopic (exact) mass is 411 g/mol. The van der Waals surface area contributed by atoms with E-state index >= 15 is 0 Å². The molecular formula is C23H22FNO5. The zero-order chi connectivity index (χ0) is 21.7. The Balaban J connectivity index is 1.96. The number of carbonyl (C=O) groups excluding carboxylic acids is 2. The lowest BCUT2D eigenvalue weighted by molar-refractivity contribution is -0.140. The summed E-state index contributed by atoms with van der Waals surface area (Å²) in [5, 5.41) is 19.6. The molecule has 1 aliphatic heterocycles. The molecule has 0 aliphatic carbocycles. The van der Waals surface area contributed by atoms with E-state index in [4.69, 9.17) is 5.11 Å². The number of aliphatic hydroxyl groups is 1. The van der Waals surface area contributed by atoms with Gasteiger partial charge >= 0.3 is 5.97 Å². The van der Waals surface area contributed by atoms with Crippen LogP contribution in [-0.4, -0.2) is 39.3 Å². The molecule has 0 saturated carbocycles. The molecule has 1 fully saturated rings. The summed E-state index contributed by atoms with van der Waals surface area (Å²) in [5.74, 6) is -3.30. The number of Topliss-reactive ketones (excluding diaryl/α,β-unsaturated/α-hetero) is 1. The molecule has 2 aromatic carbocycles. The van der Waals surface area contributed by atoms with E-state index < -0.39 is 29.5 Å². The summed E-state index contributed by atoms with van der Waals surface area (Å²) in [5.41, 5.74) is 0.693. The highest BCUT2D eigenvalue weighted by Crippen LogP contribution is 2.39. The van der Waals surface area contributed by atoms with Crippen LogP contribution in [0.2, 0.25) is 0 Å². The van der Waals surface area contributed by atoms with E-state index in [1.165, 1.54) is 23.1 Å². The number of benzene rings is 2. The molecule has 1 unspecified atom stereocenters. The van der Waals surface area contributed by atoms with Crippen LogP contribution in [-0.2, 0) is 14.4 Å². The van der Waals surface area contributed by atoms with Crippen molar-refractivity contribution in [1.29, 1.82) is 0 Å². The maximum absolute atomic E-state index is 13.9. The van der Waals surface area contributed by atoms with Gasteiger partial charge in [-0.2, -0.15) is 0 Å². The summed E-state index contributed by atoms with van der Waals surface area (Å²) in [4.78, 5) is 37.5. The molecule has 156 valence electrons. The SMILES string of the molecule is O=C(O)CCCCCN1C(=O)C(=O)C(=C(O)c2ccccc2)C1c1cccc(F)c1. The number of aliphatic carboxylic acids is 1. The molecule has 1 heterocycles. The van der Waals surface area contributed by atoms with Gasteiger partial charge in [0.15, 0.2) is 0 Å². The minimum atomic E-state index is -0.916. The molecule has 1 aliphatic rings. The molecule has 2 aromatic rings. The lowest BCUT2D eigenvalue weighted by Gasteiger charge is -2.25. The lowest BCUT2D eigenvalue weighted by Crippen LogP contribution is -2.30. The minimum Gasteiger partial charge on any atom is -0.507 e. The Labute approximate surface area is 173 Å². The molecule has 0 bridgehead atoms. The standard InChI is InChI=1S/C23H22FNO5/c24-17-11-7-10-16(14-17)20-19(21(28)15-8-3-1-4-9-15)22(29)23(30)25(20)13-6-2-5-12-18(26)27/h1,3-4,7-11,14,20,28H,2,5-6,12-13H2,(H,26,27). The highest BCUT2D eigenvalue weighted by atomic mass is 19.1. The highest BCUT2D eigenvalue weighted by Gasteiger charge is 2.45. The number of nitrogens with zero attached hydrogens (tertiary/aromatic N) is 1. The van der Waals surface area contributed by atoms with Crippen LogP contribution in [0.1, 0.15) is 42.9 Å². The number of unbranched alkanes of at least 4 members (excludes halogenated alkanes) is 2. The molecule has 6 nitrogen and oxygen atoms in total. The number of hydrogen-bond acceptors (Lipinski definition) is 4. The first-order valence-corrected chi connectivity index (χ1v) is 9.71. The Hall–Kier alpha value is -3.48. The van der Waals surface area contributed by atoms with Gasteiger partial charge in [-0.3, -0.25) is 14.4 Å². The van der Waals surface area contributed by atoms with E-state index in [1.54, 1.807) is 36.4 Å². The van der Waals surface area contributed by atoms with Gasteiger partial charge in [0.2, 0.25) is 0 Å². The first-order chi connectivity index (χ1) is 14.4. The lowest BCUT2D eigenvalue weighted by atomic mass is 9.95. The number of likely N-dealkylation sites (tertiary alicyclic amines) is 1. The van der Waals surface area contributed by atoms with Gasteiger partial charge in [0, 0.05) is 18.5 Å². The average Bonchev–Trinajstić information content (AvgIpc) is 2.98. The van der Waals surface area contributed by atoms with Crippen LogP contribution in [0.3, 0.4) is 0 Å². The number of amides is 1. The molecule has 7 heteroatoms. The molecule has 0 radical (unpaired) electrons. The third-order valence-corrected chi connectivity index (χ3v) is 5.04. The van der Waals surface area contributed by atoms with Crippen molar-refractivity contribution in [1.82, 2.24) is 4.90 Å². The summed E-state index contributed by atoms with van der Waals surface area (Å²) in [6, 6.07) is 13.1. The molecule has 3 rings (SSSR count). The van der Waals surface area contributed by atoms with Gasteiger partial charge in [-0.1, -0.05) is 48.9 Å². The van der Waals surface area contributed by atoms with Gasteiger partial charge in [0.05, 0.1) is 11.6 Å². The predicted molar refractivity (Wildman–Crippen MR) is 108 cm³/mol. The van der Waals surface area contributed by atoms with E-state index in [0.29, 0.717) is 30.4 Å². The Morgan fingerprint density at radius 1 is 0.967 bits per heavy atom. The number of carbonyl (C=O) groups is 3. The molecular weight excluding hydrogens is 389 g/mol. The van der Waals surface area contributed by atoms with Crippen molar-refractivity contribution in [2.75, 3.05) is 6.54 Å². The molecule has 1 amide bonds. The number of carboxylic acids is 1. The number of aliphatic hydroxyl groups excluding tert-OH is 1. The normalized spacial score (nSPS) is 18.0. The van der Waals surface area contributed by atoms with Crippen molar-refractivity contribution >= 4 is 23.4 Å². The molecule has 1 atom stereocenters. The van der Waals surface area contributed by atoms with E-state index in [2.05, 4.69) is 0 Å². The quantitative estimate of drug-likeness (QED) is 0.297. The number of halogens is 1. The number of carboxylic acid groups (broad SMARTS) is 1. The third-order valence-electron chi connectivity index (χ3n) is 5.04. The largest absolute Gasteiger partial charge is 0.507 e. The van der Waals surface area contributed by atoms with Crippen LogP contribution >= 0.6 is 0 Å². The molecule has 2 N–H and O–H groups in total. The zero-order valence-corrected chi connectivity index (χ0v) is 16.3. The smallest absolute Gasteiger partial charge is 0.303 e. The summed E-state index contributed by atoms with van der Waals surface area (Å²) in [7, 11) is 0. The van der Waals surface area contributed by atoms with Crippen LogP contribution in [0.15, 0.2) is 60.2 Å². The molecule has 0 aromatic heterocycles. The van der Waals surface area contributed by atoms with Crippen molar-refractivity contribution in [2.24, 2.45) is 0 Å². The first kappa shape index (κ1) is 21.2. The van der Waals surface area contributed by atoms with E-state index in [-0.39, 0.29) is 24.3 Å². The van der Waals surface area contributed by atoms with Crippen LogP contribution in [0.25, 0.3) is 5.76 Å². The van der Waals surface area contributed by atoms with Gasteiger partial charge < -0.3 is 15.1 Å². The minimum absolute atomic E-state index is 0.0279.